The molecule has 0 bridgehead atoms. The molecule has 1 saturated heterocycles. The van der Waals surface area contributed by atoms with Crippen LogP contribution in [0.1, 0.15) is 34.3 Å². The van der Waals surface area contributed by atoms with Crippen LogP contribution in [0.25, 0.3) is 0 Å². The summed E-state index contributed by atoms with van der Waals surface area (Å²) in [6, 6.07) is 14.2. The van der Waals surface area contributed by atoms with Gasteiger partial charge < -0.3 is 4.90 Å². The highest BCUT2D eigenvalue weighted by Crippen LogP contribution is 2.23. The van der Waals surface area contributed by atoms with Crippen molar-refractivity contribution in [1.29, 1.82) is 0 Å². The summed E-state index contributed by atoms with van der Waals surface area (Å²) in [5.41, 5.74) is 2.70. The van der Waals surface area contributed by atoms with E-state index in [2.05, 4.69) is 14.9 Å². The summed E-state index contributed by atoms with van der Waals surface area (Å²) in [5, 5.41) is 0. The van der Waals surface area contributed by atoms with E-state index in [-0.39, 0.29) is 16.8 Å². The summed E-state index contributed by atoms with van der Waals surface area (Å²) >= 11 is 0. The number of nitrogens with zero attached hydrogens (tertiary/aromatic N) is 4. The van der Waals surface area contributed by atoms with Crippen LogP contribution < -0.4 is 0 Å². The monoisotopic (exact) mass is 464 g/mol. The molecule has 2 aromatic heterocycles. The van der Waals surface area contributed by atoms with E-state index in [0.29, 0.717) is 12.1 Å². The molecule has 8 heteroatoms. The molecule has 1 fully saturated rings. The minimum absolute atomic E-state index is 0.0912. The van der Waals surface area contributed by atoms with Gasteiger partial charge in [0.2, 0.25) is 0 Å². The Morgan fingerprint density at radius 1 is 0.970 bits per heavy atom. The van der Waals surface area contributed by atoms with Crippen molar-refractivity contribution in [3.8, 4) is 0 Å². The van der Waals surface area contributed by atoms with Crippen molar-refractivity contribution in [3.05, 3.63) is 90.0 Å². The molecule has 1 aliphatic heterocycles. The minimum Gasteiger partial charge on any atom is -0.331 e. The topological polar surface area (TPSA) is 83.5 Å². The molecule has 1 amide bonds. The lowest BCUT2D eigenvalue weighted by molar-refractivity contribution is 0.0542. The molecule has 4 rings (SSSR count). The van der Waals surface area contributed by atoms with E-state index in [1.165, 1.54) is 17.7 Å². The van der Waals surface area contributed by atoms with Gasteiger partial charge in [0.15, 0.2) is 9.84 Å². The molecular weight excluding hydrogens is 436 g/mol. The second kappa shape index (κ2) is 10.2. The maximum atomic E-state index is 13.5. The van der Waals surface area contributed by atoms with Crippen LogP contribution in [0, 0.1) is 0 Å². The Morgan fingerprint density at radius 2 is 1.67 bits per heavy atom. The molecule has 1 aromatic carbocycles. The van der Waals surface area contributed by atoms with Crippen molar-refractivity contribution in [3.63, 3.8) is 0 Å². The van der Waals surface area contributed by atoms with Crippen LogP contribution >= 0.6 is 0 Å². The average molecular weight is 465 g/mol. The maximum absolute atomic E-state index is 13.5. The number of carbonyl (C=O) groups is 1. The smallest absolute Gasteiger partial charge is 0.254 e. The summed E-state index contributed by atoms with van der Waals surface area (Å²) in [4.78, 5) is 26.3. The van der Waals surface area contributed by atoms with E-state index in [0.717, 1.165) is 44.3 Å². The number of aromatic nitrogens is 2. The number of hydrogen-bond acceptors (Lipinski definition) is 6. The number of hydrogen-bond donors (Lipinski definition) is 0. The molecular formula is C25H28N4O3S. The Morgan fingerprint density at radius 3 is 2.27 bits per heavy atom. The molecule has 0 unspecified atom stereocenters. The van der Waals surface area contributed by atoms with Crippen molar-refractivity contribution >= 4 is 15.7 Å². The van der Waals surface area contributed by atoms with Crippen LogP contribution in [0.2, 0.25) is 0 Å². The highest BCUT2D eigenvalue weighted by Gasteiger charge is 2.29. The van der Waals surface area contributed by atoms with Crippen LogP contribution in [0.5, 0.6) is 0 Å². The van der Waals surface area contributed by atoms with Crippen LogP contribution in [-0.2, 0) is 22.9 Å². The summed E-state index contributed by atoms with van der Waals surface area (Å²) in [5.74, 6) is -0.0912. The van der Waals surface area contributed by atoms with E-state index < -0.39 is 9.84 Å². The Labute approximate surface area is 195 Å². The number of sulfone groups is 1. The van der Waals surface area contributed by atoms with Gasteiger partial charge in [-0.25, -0.2) is 8.42 Å². The third-order valence-electron chi connectivity index (χ3n) is 6.02. The molecule has 7 nitrogen and oxygen atoms in total. The summed E-state index contributed by atoms with van der Waals surface area (Å²) in [6.45, 7) is 3.14. The van der Waals surface area contributed by atoms with Gasteiger partial charge in [-0.05, 0) is 66.4 Å². The molecule has 172 valence electrons. The predicted molar refractivity (Wildman–Crippen MR) is 126 cm³/mol. The van der Waals surface area contributed by atoms with Crippen molar-refractivity contribution in [2.24, 2.45) is 0 Å². The molecule has 3 heterocycles. The molecule has 0 spiro atoms. The lowest BCUT2D eigenvalue weighted by Gasteiger charge is -2.38. The van der Waals surface area contributed by atoms with Gasteiger partial charge in [-0.15, -0.1) is 0 Å². The quantitative estimate of drug-likeness (QED) is 0.534. The van der Waals surface area contributed by atoms with Gasteiger partial charge >= 0.3 is 0 Å². The first-order valence-corrected chi connectivity index (χ1v) is 12.9. The lowest BCUT2D eigenvalue weighted by Crippen LogP contribution is -2.46. The van der Waals surface area contributed by atoms with Crippen molar-refractivity contribution in [1.82, 2.24) is 19.8 Å². The Balaban J connectivity index is 1.50. The summed E-state index contributed by atoms with van der Waals surface area (Å²) in [7, 11) is -3.31. The zero-order chi connectivity index (χ0) is 23.3. The Bertz CT molecular complexity index is 1160. The number of benzene rings is 1. The SMILES string of the molecule is CS(=O)(=O)c1ccc(C(=O)N(Cc2cccnc2)C2CCN(Cc3ccncc3)CC2)cc1. The number of pyridine rings is 2. The van der Waals surface area contributed by atoms with E-state index in [9.17, 15) is 13.2 Å². The van der Waals surface area contributed by atoms with Crippen LogP contribution in [0.3, 0.4) is 0 Å². The highest BCUT2D eigenvalue weighted by atomic mass is 32.2. The first kappa shape index (κ1) is 23.1. The molecule has 0 aliphatic carbocycles. The van der Waals surface area contributed by atoms with Gasteiger partial charge in [-0.1, -0.05) is 6.07 Å². The first-order chi connectivity index (χ1) is 15.9. The van der Waals surface area contributed by atoms with E-state index in [1.54, 1.807) is 24.5 Å². The van der Waals surface area contributed by atoms with Gasteiger partial charge in [0.05, 0.1) is 4.90 Å². The molecule has 1 aliphatic rings. The zero-order valence-corrected chi connectivity index (χ0v) is 19.5. The number of likely N-dealkylation sites (tertiary alicyclic amines) is 1. The van der Waals surface area contributed by atoms with Crippen LogP contribution in [0.4, 0.5) is 0 Å². The van der Waals surface area contributed by atoms with E-state index in [4.69, 9.17) is 0 Å². The summed E-state index contributed by atoms with van der Waals surface area (Å²) < 4.78 is 23.6. The van der Waals surface area contributed by atoms with Gasteiger partial charge in [-0.3, -0.25) is 19.7 Å². The fourth-order valence-corrected chi connectivity index (χ4v) is 4.83. The number of carbonyl (C=O) groups excluding carboxylic acids is 1. The van der Waals surface area contributed by atoms with Gasteiger partial charge in [0, 0.05) is 68.8 Å². The Kier molecular flexibility index (Phi) is 7.15. The lowest BCUT2D eigenvalue weighted by atomic mass is 10.0. The fraction of sp³-hybridized carbons (Fsp3) is 0.320. The minimum atomic E-state index is -3.31. The number of piperidine rings is 1. The molecule has 0 N–H and O–H groups in total. The molecule has 3 aromatic rings. The normalized spacial score (nSPS) is 15.3. The average Bonchev–Trinajstić information content (AvgIpc) is 2.84. The van der Waals surface area contributed by atoms with Gasteiger partial charge in [0.25, 0.3) is 5.91 Å². The second-order valence-electron chi connectivity index (χ2n) is 8.45. The van der Waals surface area contributed by atoms with Crippen molar-refractivity contribution in [2.45, 2.75) is 36.9 Å². The largest absolute Gasteiger partial charge is 0.331 e. The van der Waals surface area contributed by atoms with Crippen molar-refractivity contribution < 1.29 is 13.2 Å². The molecule has 0 saturated carbocycles. The van der Waals surface area contributed by atoms with E-state index in [1.807, 2.05) is 41.6 Å². The zero-order valence-electron chi connectivity index (χ0n) is 18.7. The number of rotatable bonds is 7. The van der Waals surface area contributed by atoms with E-state index >= 15 is 0 Å². The van der Waals surface area contributed by atoms with Crippen LogP contribution in [-0.4, -0.2) is 59.5 Å². The maximum Gasteiger partial charge on any atom is 0.254 e. The molecule has 0 radical (unpaired) electrons. The standard InChI is InChI=1S/C25H28N4O3S/c1-33(31,32)24-6-4-22(5-7-24)25(30)29(19-21-3-2-12-27-17-21)23-10-15-28(16-11-23)18-20-8-13-26-14-9-20/h2-9,12-14,17,23H,10-11,15-16,18-19H2,1H3. The van der Waals surface area contributed by atoms with Gasteiger partial charge in [0.1, 0.15) is 0 Å². The molecule has 0 atom stereocenters. The first-order valence-electron chi connectivity index (χ1n) is 11.0. The summed E-state index contributed by atoms with van der Waals surface area (Å²) in [6.07, 6.45) is 10.0. The fourth-order valence-electron chi connectivity index (χ4n) is 4.20. The highest BCUT2D eigenvalue weighted by molar-refractivity contribution is 7.90. The second-order valence-corrected chi connectivity index (χ2v) is 10.5. The van der Waals surface area contributed by atoms with Crippen molar-refractivity contribution in [2.75, 3.05) is 19.3 Å². The van der Waals surface area contributed by atoms with Crippen LogP contribution in [0.15, 0.2) is 78.2 Å². The molecule has 33 heavy (non-hydrogen) atoms. The Hall–Kier alpha value is -3.10. The third kappa shape index (κ3) is 6.03. The number of amides is 1. The third-order valence-corrected chi connectivity index (χ3v) is 7.15. The van der Waals surface area contributed by atoms with Gasteiger partial charge in [-0.2, -0.15) is 0 Å². The predicted octanol–water partition coefficient (Wildman–Crippen LogP) is 3.19.